The Bertz CT molecular complexity index is 1570. The van der Waals surface area contributed by atoms with Crippen LogP contribution in [-0.4, -0.2) is 157 Å². The highest BCUT2D eigenvalue weighted by Crippen LogP contribution is 2.37. The molecule has 10 N–H and O–H groups in total. The molecule has 18 nitrogen and oxygen atoms in total. The molecule has 0 radical (unpaired) electrons. The molecule has 0 amide bonds. The lowest BCUT2D eigenvalue weighted by molar-refractivity contribution is -0.375. The van der Waals surface area contributed by atoms with Gasteiger partial charge in [-0.25, -0.2) is 4.79 Å². The van der Waals surface area contributed by atoms with Gasteiger partial charge in [0.2, 0.25) is 0 Å². The van der Waals surface area contributed by atoms with Crippen molar-refractivity contribution in [2.24, 2.45) is 5.41 Å². The number of aliphatic hydroxyl groups is 6. The molecule has 0 bridgehead atoms. The predicted molar refractivity (Wildman–Crippen MR) is 177 cm³/mol. The number of ether oxygens (including phenoxy) is 7. The van der Waals surface area contributed by atoms with Gasteiger partial charge in [0.25, 0.3) is 0 Å². The largest absolute Gasteiger partial charge is 0.504 e. The van der Waals surface area contributed by atoms with E-state index in [1.807, 2.05) is 0 Å². The summed E-state index contributed by atoms with van der Waals surface area (Å²) in [6.07, 6.45) is -15.7. The summed E-state index contributed by atoms with van der Waals surface area (Å²) in [5.41, 5.74) is -0.223. The molecular formula is C35H46O18. The standard InChI is InChI=1S/C35H46O18/c1-16-25(42)27(44)28(45)32(50-16)52-29-26(43)23(13-48-24(41)8-5-17-3-6-19(37)21(39)11-17)51-33(47-10-9-18-4-7-20(38)22(40)12-18)30(29)53-34-31(46)35(2,14-36)15-49-34/h3-8,11-12,16,23,25-34,36-40,42-46H,9-10,13-15H2,1-2H3/b8-5+/t16-,23+,25-,26+,27+,28+,29-,30+,31+,32-,33+,34-,35-/m0/s1. The third kappa shape index (κ3) is 9.37. The van der Waals surface area contributed by atoms with Crippen molar-refractivity contribution in [2.45, 2.75) is 94.1 Å². The lowest BCUT2D eigenvalue weighted by Crippen LogP contribution is -2.65. The molecule has 3 aliphatic heterocycles. The fraction of sp³-hybridized carbons (Fsp3) is 0.571. The molecule has 13 atom stereocenters. The lowest BCUT2D eigenvalue weighted by Gasteiger charge is -2.47. The number of rotatable bonds is 13. The van der Waals surface area contributed by atoms with Gasteiger partial charge in [-0.3, -0.25) is 0 Å². The van der Waals surface area contributed by atoms with Gasteiger partial charge in [0.1, 0.15) is 55.4 Å². The Balaban J connectivity index is 1.40. The molecule has 294 valence electrons. The molecule has 5 rings (SSSR count). The highest BCUT2D eigenvalue weighted by atomic mass is 16.8. The molecule has 3 aliphatic rings. The van der Waals surface area contributed by atoms with Crippen LogP contribution in [0.25, 0.3) is 6.08 Å². The summed E-state index contributed by atoms with van der Waals surface area (Å²) >= 11 is 0. The van der Waals surface area contributed by atoms with Gasteiger partial charge in [-0.15, -0.1) is 0 Å². The number of carbonyl (C=O) groups excluding carboxylic acids is 1. The van der Waals surface area contributed by atoms with Crippen molar-refractivity contribution in [2.75, 3.05) is 26.4 Å². The van der Waals surface area contributed by atoms with Gasteiger partial charge in [0.15, 0.2) is 41.9 Å². The molecule has 3 saturated heterocycles. The molecule has 53 heavy (non-hydrogen) atoms. The first-order chi connectivity index (χ1) is 25.1. The van der Waals surface area contributed by atoms with Crippen molar-refractivity contribution in [3.8, 4) is 23.0 Å². The van der Waals surface area contributed by atoms with Gasteiger partial charge in [-0.05, 0) is 54.8 Å². The predicted octanol–water partition coefficient (Wildman–Crippen LogP) is -1.28. The van der Waals surface area contributed by atoms with E-state index in [-0.39, 0.29) is 36.9 Å². The lowest BCUT2D eigenvalue weighted by atomic mass is 9.88. The fourth-order valence-corrected chi connectivity index (χ4v) is 5.97. The van der Waals surface area contributed by atoms with Crippen molar-refractivity contribution < 1.29 is 89.0 Å². The van der Waals surface area contributed by atoms with Crippen molar-refractivity contribution >= 4 is 12.0 Å². The summed E-state index contributed by atoms with van der Waals surface area (Å²) in [6, 6.07) is 8.02. The Morgan fingerprint density at radius 2 is 1.51 bits per heavy atom. The summed E-state index contributed by atoms with van der Waals surface area (Å²) in [7, 11) is 0. The van der Waals surface area contributed by atoms with Crippen molar-refractivity contribution in [1.29, 1.82) is 0 Å². The smallest absolute Gasteiger partial charge is 0.330 e. The molecule has 3 heterocycles. The second-order valence-electron chi connectivity index (χ2n) is 13.5. The third-order valence-electron chi connectivity index (χ3n) is 9.43. The minimum absolute atomic E-state index is 0.116. The first-order valence-corrected chi connectivity index (χ1v) is 16.9. The number of carbonyl (C=O) groups is 1. The number of phenols is 4. The van der Waals surface area contributed by atoms with E-state index in [1.165, 1.54) is 43.3 Å². The Morgan fingerprint density at radius 3 is 2.17 bits per heavy atom. The van der Waals surface area contributed by atoms with E-state index in [2.05, 4.69) is 0 Å². The van der Waals surface area contributed by atoms with Gasteiger partial charge in [-0.2, -0.15) is 0 Å². The molecule has 2 aromatic carbocycles. The average molecular weight is 755 g/mol. The van der Waals surface area contributed by atoms with Crippen LogP contribution < -0.4 is 0 Å². The highest BCUT2D eigenvalue weighted by molar-refractivity contribution is 5.87. The quantitative estimate of drug-likeness (QED) is 0.0648. The Kier molecular flexibility index (Phi) is 13.2. The monoisotopic (exact) mass is 754 g/mol. The van der Waals surface area contributed by atoms with Gasteiger partial charge in [0.05, 0.1) is 25.9 Å². The minimum atomic E-state index is -1.81. The topological polar surface area (TPSA) is 284 Å². The second-order valence-corrected chi connectivity index (χ2v) is 13.5. The van der Waals surface area contributed by atoms with Crippen molar-refractivity contribution in [3.05, 3.63) is 53.6 Å². The van der Waals surface area contributed by atoms with Crippen LogP contribution in [0, 0.1) is 5.41 Å². The second kappa shape index (κ2) is 17.2. The van der Waals surface area contributed by atoms with Gasteiger partial charge in [-0.1, -0.05) is 19.1 Å². The van der Waals surface area contributed by atoms with Crippen molar-refractivity contribution in [1.82, 2.24) is 0 Å². The number of phenolic OH excluding ortho intramolecular Hbond substituents is 4. The van der Waals surface area contributed by atoms with E-state index < -0.39 is 104 Å². The number of aromatic hydroxyl groups is 4. The summed E-state index contributed by atoms with van der Waals surface area (Å²) < 4.78 is 40.9. The summed E-state index contributed by atoms with van der Waals surface area (Å²) in [4.78, 5) is 12.7. The number of hydrogen-bond acceptors (Lipinski definition) is 18. The molecule has 18 heteroatoms. The molecule has 3 fully saturated rings. The zero-order chi connectivity index (χ0) is 38.6. The van der Waals surface area contributed by atoms with Gasteiger partial charge in [0, 0.05) is 11.5 Å². The Hall–Kier alpha value is -3.63. The molecule has 0 spiro atoms. The van der Waals surface area contributed by atoms with E-state index in [9.17, 15) is 55.9 Å². The Morgan fingerprint density at radius 1 is 0.830 bits per heavy atom. The summed E-state index contributed by atoms with van der Waals surface area (Å²) in [5, 5.41) is 103. The highest BCUT2D eigenvalue weighted by Gasteiger charge is 2.55. The van der Waals surface area contributed by atoms with Crippen LogP contribution in [0.5, 0.6) is 23.0 Å². The fourth-order valence-electron chi connectivity index (χ4n) is 5.97. The number of benzene rings is 2. The zero-order valence-corrected chi connectivity index (χ0v) is 28.8. The van der Waals surface area contributed by atoms with Crippen LogP contribution in [0.1, 0.15) is 25.0 Å². The van der Waals surface area contributed by atoms with E-state index in [0.29, 0.717) is 11.1 Å². The van der Waals surface area contributed by atoms with Crippen molar-refractivity contribution in [3.63, 3.8) is 0 Å². The third-order valence-corrected chi connectivity index (χ3v) is 9.43. The van der Waals surface area contributed by atoms with E-state index in [4.69, 9.17) is 33.2 Å². The van der Waals surface area contributed by atoms with E-state index in [0.717, 1.165) is 6.08 Å². The van der Waals surface area contributed by atoms with E-state index >= 15 is 0 Å². The summed E-state index contributed by atoms with van der Waals surface area (Å²) in [5.74, 6) is -2.34. The number of hydrogen-bond donors (Lipinski definition) is 10. The van der Waals surface area contributed by atoms with Crippen LogP contribution in [0.3, 0.4) is 0 Å². The average Bonchev–Trinajstić information content (AvgIpc) is 3.42. The number of esters is 1. The van der Waals surface area contributed by atoms with Crippen LogP contribution in [0.15, 0.2) is 42.5 Å². The minimum Gasteiger partial charge on any atom is -0.504 e. The maximum Gasteiger partial charge on any atom is 0.330 e. The normalized spacial score (nSPS) is 36.2. The van der Waals surface area contributed by atoms with Crippen LogP contribution in [-0.2, 0) is 44.4 Å². The summed E-state index contributed by atoms with van der Waals surface area (Å²) in [6.45, 7) is 1.68. The zero-order valence-electron chi connectivity index (χ0n) is 28.8. The molecule has 0 aromatic heterocycles. The van der Waals surface area contributed by atoms with Crippen LogP contribution >= 0.6 is 0 Å². The van der Waals surface area contributed by atoms with Crippen LogP contribution in [0.2, 0.25) is 0 Å². The first-order valence-electron chi connectivity index (χ1n) is 16.9. The van der Waals surface area contributed by atoms with E-state index in [1.54, 1.807) is 13.0 Å². The van der Waals surface area contributed by atoms with Crippen LogP contribution in [0.4, 0.5) is 0 Å². The molecule has 0 saturated carbocycles. The molecule has 0 unspecified atom stereocenters. The molecular weight excluding hydrogens is 708 g/mol. The van der Waals surface area contributed by atoms with Gasteiger partial charge < -0.3 is 84.2 Å². The number of aliphatic hydroxyl groups excluding tert-OH is 6. The SMILES string of the molecule is C[C@@H]1O[C@@H](O[C@H]2[C@H](O)[C@@H](COC(=O)/C=C/c3ccc(O)c(O)c3)O[C@@H](OCCc3ccc(O)c(O)c3)[C@@H]2O[C@@H]2OC[C@](C)(CO)[C@@H]2O)[C@H](O)[C@H](O)[C@H]1O. The maximum absolute atomic E-state index is 12.7. The molecule has 2 aromatic rings. The van der Waals surface area contributed by atoms with Gasteiger partial charge >= 0.3 is 5.97 Å². The maximum atomic E-state index is 12.7. The molecule has 0 aliphatic carbocycles. The Labute approximate surface area is 303 Å². The first kappa shape index (κ1) is 40.6.